The van der Waals surface area contributed by atoms with Crippen molar-refractivity contribution in [3.63, 3.8) is 0 Å². The van der Waals surface area contributed by atoms with E-state index in [1.54, 1.807) is 0 Å². The summed E-state index contributed by atoms with van der Waals surface area (Å²) in [5.41, 5.74) is 6.00. The Bertz CT molecular complexity index is 244. The maximum Gasteiger partial charge on any atom is 0.320 e. The summed E-state index contributed by atoms with van der Waals surface area (Å²) in [7, 11) is 0. The van der Waals surface area contributed by atoms with Crippen molar-refractivity contribution in [3.8, 4) is 0 Å². The average molecular weight is 255 g/mol. The van der Waals surface area contributed by atoms with Gasteiger partial charge in [-0.1, -0.05) is 65.2 Å². The molecule has 3 nitrogen and oxygen atoms in total. The fourth-order valence-corrected chi connectivity index (χ4v) is 3.69. The van der Waals surface area contributed by atoms with Crippen LogP contribution < -0.4 is 5.73 Å². The summed E-state index contributed by atoms with van der Waals surface area (Å²) < 4.78 is 0. The molecule has 3 unspecified atom stereocenters. The first-order chi connectivity index (χ1) is 8.61. The van der Waals surface area contributed by atoms with E-state index >= 15 is 0 Å². The highest BCUT2D eigenvalue weighted by atomic mass is 16.4. The van der Waals surface area contributed by atoms with Crippen LogP contribution in [-0.2, 0) is 4.79 Å². The zero-order valence-corrected chi connectivity index (χ0v) is 11.9. The molecule has 0 bridgehead atoms. The lowest BCUT2D eigenvalue weighted by molar-refractivity contribution is -0.141. The fraction of sp³-hybridized carbons (Fsp3) is 0.933. The Morgan fingerprint density at radius 2 is 1.89 bits per heavy atom. The highest BCUT2D eigenvalue weighted by molar-refractivity contribution is 5.73. The molecule has 1 fully saturated rings. The van der Waals surface area contributed by atoms with Gasteiger partial charge in [0.05, 0.1) is 0 Å². The molecule has 1 aliphatic carbocycles. The van der Waals surface area contributed by atoms with Gasteiger partial charge >= 0.3 is 5.97 Å². The lowest BCUT2D eigenvalue weighted by Crippen LogP contribution is -2.45. The SMILES string of the molecule is CCCC(CC)C(C1CCCCC1)C(N)C(=O)O. The molecule has 0 aliphatic heterocycles. The van der Waals surface area contributed by atoms with Gasteiger partial charge in [0.25, 0.3) is 0 Å². The summed E-state index contributed by atoms with van der Waals surface area (Å²) in [6, 6.07) is -0.676. The quantitative estimate of drug-likeness (QED) is 0.732. The van der Waals surface area contributed by atoms with E-state index < -0.39 is 12.0 Å². The second-order valence-corrected chi connectivity index (χ2v) is 5.80. The van der Waals surface area contributed by atoms with Gasteiger partial charge in [0, 0.05) is 0 Å². The molecule has 0 aromatic heterocycles. The maximum atomic E-state index is 11.3. The topological polar surface area (TPSA) is 63.3 Å². The van der Waals surface area contributed by atoms with Crippen molar-refractivity contribution >= 4 is 5.97 Å². The minimum Gasteiger partial charge on any atom is -0.480 e. The molecule has 0 spiro atoms. The minimum absolute atomic E-state index is 0.174. The molecule has 18 heavy (non-hydrogen) atoms. The van der Waals surface area contributed by atoms with Crippen molar-refractivity contribution in [2.24, 2.45) is 23.5 Å². The van der Waals surface area contributed by atoms with Crippen molar-refractivity contribution < 1.29 is 9.90 Å². The van der Waals surface area contributed by atoms with Crippen molar-refractivity contribution in [1.29, 1.82) is 0 Å². The Labute approximate surface area is 111 Å². The van der Waals surface area contributed by atoms with E-state index in [2.05, 4.69) is 13.8 Å². The first kappa shape index (κ1) is 15.5. The van der Waals surface area contributed by atoms with E-state index in [1.165, 1.54) is 32.1 Å². The zero-order chi connectivity index (χ0) is 13.5. The molecule has 0 aromatic carbocycles. The van der Waals surface area contributed by atoms with Crippen LogP contribution in [-0.4, -0.2) is 17.1 Å². The third-order valence-corrected chi connectivity index (χ3v) is 4.62. The molecule has 0 aromatic rings. The summed E-state index contributed by atoms with van der Waals surface area (Å²) in [5, 5.41) is 9.27. The van der Waals surface area contributed by atoms with E-state index in [0.717, 1.165) is 19.3 Å². The number of carboxylic acids is 1. The molecule has 3 atom stereocenters. The molecule has 0 radical (unpaired) electrons. The number of hydrogen-bond donors (Lipinski definition) is 2. The fourth-order valence-electron chi connectivity index (χ4n) is 3.69. The van der Waals surface area contributed by atoms with E-state index in [1.807, 2.05) is 0 Å². The van der Waals surface area contributed by atoms with E-state index in [9.17, 15) is 9.90 Å². The summed E-state index contributed by atoms with van der Waals surface area (Å²) in [6.45, 7) is 4.34. The van der Waals surface area contributed by atoms with Gasteiger partial charge in [-0.05, 0) is 17.8 Å². The molecule has 1 rings (SSSR count). The van der Waals surface area contributed by atoms with Crippen molar-refractivity contribution in [1.82, 2.24) is 0 Å². The number of nitrogens with two attached hydrogens (primary N) is 1. The number of rotatable bonds is 7. The smallest absolute Gasteiger partial charge is 0.320 e. The van der Waals surface area contributed by atoms with Crippen LogP contribution >= 0.6 is 0 Å². The summed E-state index contributed by atoms with van der Waals surface area (Å²) >= 11 is 0. The summed E-state index contributed by atoms with van der Waals surface area (Å²) in [5.74, 6) is 0.360. The number of aliphatic carboxylic acids is 1. The first-order valence-corrected chi connectivity index (χ1v) is 7.60. The third kappa shape index (κ3) is 3.98. The number of carbonyl (C=O) groups is 1. The second kappa shape index (κ2) is 7.78. The molecule has 1 aliphatic rings. The Hall–Kier alpha value is -0.570. The van der Waals surface area contributed by atoms with E-state index in [0.29, 0.717) is 11.8 Å². The normalized spacial score (nSPS) is 22.4. The standard InChI is InChI=1S/C15H29NO2/c1-3-8-11(4-2)13(14(16)15(17)18)12-9-6-5-7-10-12/h11-14H,3-10,16H2,1-2H3,(H,17,18). The molecule has 3 heteroatoms. The first-order valence-electron chi connectivity index (χ1n) is 7.60. The minimum atomic E-state index is -0.819. The average Bonchev–Trinajstić information content (AvgIpc) is 2.39. The van der Waals surface area contributed by atoms with Crippen LogP contribution in [0.25, 0.3) is 0 Å². The summed E-state index contributed by atoms with van der Waals surface area (Å²) in [4.78, 5) is 11.3. The Kier molecular flexibility index (Phi) is 6.69. The van der Waals surface area contributed by atoms with Gasteiger partial charge in [0.15, 0.2) is 0 Å². The van der Waals surface area contributed by atoms with Crippen LogP contribution in [0.2, 0.25) is 0 Å². The Morgan fingerprint density at radius 3 is 2.33 bits per heavy atom. The van der Waals surface area contributed by atoms with Gasteiger partial charge in [-0.2, -0.15) is 0 Å². The Balaban J connectivity index is 2.80. The number of carboxylic acid groups (broad SMARTS) is 1. The molecular weight excluding hydrogens is 226 g/mol. The molecule has 0 heterocycles. The lowest BCUT2D eigenvalue weighted by Gasteiger charge is -2.37. The van der Waals surface area contributed by atoms with Gasteiger partial charge < -0.3 is 10.8 Å². The molecule has 3 N–H and O–H groups in total. The number of hydrogen-bond acceptors (Lipinski definition) is 2. The molecular formula is C15H29NO2. The molecule has 106 valence electrons. The molecule has 1 saturated carbocycles. The zero-order valence-electron chi connectivity index (χ0n) is 11.9. The van der Waals surface area contributed by atoms with Gasteiger partial charge in [-0.3, -0.25) is 4.79 Å². The van der Waals surface area contributed by atoms with Crippen LogP contribution in [0.15, 0.2) is 0 Å². The largest absolute Gasteiger partial charge is 0.480 e. The van der Waals surface area contributed by atoms with Gasteiger partial charge in [0.1, 0.15) is 6.04 Å². The van der Waals surface area contributed by atoms with Gasteiger partial charge in [-0.25, -0.2) is 0 Å². The monoisotopic (exact) mass is 255 g/mol. The van der Waals surface area contributed by atoms with Crippen molar-refractivity contribution in [2.45, 2.75) is 71.3 Å². The van der Waals surface area contributed by atoms with E-state index in [4.69, 9.17) is 5.73 Å². The molecule has 0 amide bonds. The van der Waals surface area contributed by atoms with Crippen LogP contribution in [0.3, 0.4) is 0 Å². The second-order valence-electron chi connectivity index (χ2n) is 5.80. The van der Waals surface area contributed by atoms with Crippen LogP contribution in [0.1, 0.15) is 65.2 Å². The predicted molar refractivity (Wildman–Crippen MR) is 74.4 cm³/mol. The van der Waals surface area contributed by atoms with Crippen molar-refractivity contribution in [3.05, 3.63) is 0 Å². The third-order valence-electron chi connectivity index (χ3n) is 4.62. The van der Waals surface area contributed by atoms with Crippen LogP contribution in [0, 0.1) is 17.8 Å². The van der Waals surface area contributed by atoms with Gasteiger partial charge in [-0.15, -0.1) is 0 Å². The summed E-state index contributed by atoms with van der Waals surface area (Å²) in [6.07, 6.45) is 9.42. The van der Waals surface area contributed by atoms with Crippen molar-refractivity contribution in [2.75, 3.05) is 0 Å². The van der Waals surface area contributed by atoms with Crippen LogP contribution in [0.5, 0.6) is 0 Å². The molecule has 0 saturated heterocycles. The maximum absolute atomic E-state index is 11.3. The van der Waals surface area contributed by atoms with Crippen LogP contribution in [0.4, 0.5) is 0 Å². The van der Waals surface area contributed by atoms with Gasteiger partial charge in [0.2, 0.25) is 0 Å². The highest BCUT2D eigenvalue weighted by Gasteiger charge is 2.36. The Morgan fingerprint density at radius 1 is 1.28 bits per heavy atom. The highest BCUT2D eigenvalue weighted by Crippen LogP contribution is 2.38. The lowest BCUT2D eigenvalue weighted by atomic mass is 9.69. The predicted octanol–water partition coefficient (Wildman–Crippen LogP) is 3.42. The van der Waals surface area contributed by atoms with E-state index in [-0.39, 0.29) is 5.92 Å².